The van der Waals surface area contributed by atoms with E-state index in [0.29, 0.717) is 17.3 Å². The van der Waals surface area contributed by atoms with E-state index in [1.165, 1.54) is 80.0 Å². The summed E-state index contributed by atoms with van der Waals surface area (Å²) < 4.78 is 114. The highest BCUT2D eigenvalue weighted by Crippen LogP contribution is 2.44. The molecular formula is C69H105ClN2O11S5-2. The van der Waals surface area contributed by atoms with Gasteiger partial charge in [0.1, 0.15) is 0 Å². The molecule has 5 aromatic carbocycles. The average molecular weight is 1330 g/mol. The van der Waals surface area contributed by atoms with Gasteiger partial charge in [0.15, 0.2) is 9.84 Å². The maximum atomic E-state index is 12.4. The summed E-state index contributed by atoms with van der Waals surface area (Å²) >= 11 is 2.13. The number of benzene rings is 5. The molecular weight excluding hydrogens is 1230 g/mol. The molecule has 0 aliphatic heterocycles. The summed E-state index contributed by atoms with van der Waals surface area (Å²) in [6.07, 6.45) is 23.1. The van der Waals surface area contributed by atoms with Crippen LogP contribution in [-0.4, -0.2) is 74.1 Å². The molecule has 1 fully saturated rings. The molecule has 2 atom stereocenters. The first-order chi connectivity index (χ1) is 40.9. The predicted octanol–water partition coefficient (Wildman–Crippen LogP) is 17.0. The van der Waals surface area contributed by atoms with Crippen LogP contribution in [0.1, 0.15) is 225 Å². The minimum absolute atomic E-state index is 0.240. The van der Waals surface area contributed by atoms with Gasteiger partial charge in [-0.1, -0.05) is 156 Å². The van der Waals surface area contributed by atoms with Gasteiger partial charge >= 0.3 is 0 Å². The van der Waals surface area contributed by atoms with Crippen molar-refractivity contribution in [2.75, 3.05) is 21.5 Å². The van der Waals surface area contributed by atoms with Crippen molar-refractivity contribution in [3.05, 3.63) is 160 Å². The molecule has 5 aromatic rings. The van der Waals surface area contributed by atoms with Gasteiger partial charge in [-0.05, 0) is 250 Å². The van der Waals surface area contributed by atoms with Crippen LogP contribution in [0.3, 0.4) is 0 Å². The van der Waals surface area contributed by atoms with Crippen LogP contribution in [-0.2, 0) is 76.9 Å². The molecule has 88 heavy (non-hydrogen) atoms. The second-order valence-electron chi connectivity index (χ2n) is 25.9. The Kier molecular flexibility index (Phi) is 35.3. The monoisotopic (exact) mass is 1330 g/mol. The number of hydrogen-bond donors (Lipinski definition) is 3. The molecule has 19 heteroatoms. The smallest absolute Gasteiger partial charge is 0.261 e. The SMILES string of the molecule is CC(C)(C)S(=O)(=O)CCCCCCCc1ccc(NS(=O)(=O)c2ccccc2)cc1.CC(C)(C)S(=O)[O-].CC(C)(C)S(=O)[O-].CCCCCCc1ccc(C2CCC(O)(c3ccc(Cl)cc3)CC2)cc1C.CCCCCCc1ccc(NS(C)(=O)=O)cc1. The van der Waals surface area contributed by atoms with Crippen molar-refractivity contribution in [2.45, 2.75) is 242 Å². The van der Waals surface area contributed by atoms with Crippen LogP contribution in [0.5, 0.6) is 0 Å². The van der Waals surface area contributed by atoms with Gasteiger partial charge in [0, 0.05) is 25.9 Å². The highest BCUT2D eigenvalue weighted by molar-refractivity contribution is 7.93. The van der Waals surface area contributed by atoms with Gasteiger partial charge in [0.05, 0.1) is 27.3 Å². The van der Waals surface area contributed by atoms with Gasteiger partial charge in [-0.3, -0.25) is 17.9 Å². The van der Waals surface area contributed by atoms with Crippen LogP contribution in [0.4, 0.5) is 11.4 Å². The van der Waals surface area contributed by atoms with E-state index in [-0.39, 0.29) is 10.6 Å². The van der Waals surface area contributed by atoms with Gasteiger partial charge in [0.25, 0.3) is 10.0 Å². The summed E-state index contributed by atoms with van der Waals surface area (Å²) in [5.41, 5.74) is 8.29. The molecule has 0 amide bonds. The van der Waals surface area contributed by atoms with Gasteiger partial charge in [-0.25, -0.2) is 25.3 Å². The lowest BCUT2D eigenvalue weighted by Crippen LogP contribution is -2.30. The van der Waals surface area contributed by atoms with E-state index in [0.717, 1.165) is 93.0 Å². The third-order valence-electron chi connectivity index (χ3n) is 15.0. The van der Waals surface area contributed by atoms with Crippen LogP contribution in [0.25, 0.3) is 0 Å². The topological polar surface area (TPSA) is 227 Å². The molecule has 0 bridgehead atoms. The lowest BCUT2D eigenvalue weighted by Gasteiger charge is -2.37. The van der Waals surface area contributed by atoms with Crippen molar-refractivity contribution in [3.63, 3.8) is 0 Å². The lowest BCUT2D eigenvalue weighted by atomic mass is 9.73. The van der Waals surface area contributed by atoms with Gasteiger partial charge in [-0.2, -0.15) is 0 Å². The molecule has 0 radical (unpaired) electrons. The third kappa shape index (κ3) is 32.3. The summed E-state index contributed by atoms with van der Waals surface area (Å²) in [4.78, 5) is 0.240. The van der Waals surface area contributed by atoms with Crippen LogP contribution in [0, 0.1) is 6.92 Å². The number of aliphatic hydroxyl groups is 1. The number of anilines is 2. The maximum Gasteiger partial charge on any atom is 0.261 e. The number of sulfone groups is 1. The first-order valence-electron chi connectivity index (χ1n) is 31.2. The Hall–Kier alpha value is -3.98. The highest BCUT2D eigenvalue weighted by Gasteiger charge is 2.35. The van der Waals surface area contributed by atoms with Crippen molar-refractivity contribution in [2.24, 2.45) is 0 Å². The molecule has 1 saturated carbocycles. The van der Waals surface area contributed by atoms with Crippen molar-refractivity contribution >= 4 is 75.0 Å². The predicted molar refractivity (Wildman–Crippen MR) is 370 cm³/mol. The molecule has 0 spiro atoms. The first-order valence-corrected chi connectivity index (χ1v) is 38.7. The molecule has 1 aliphatic carbocycles. The zero-order valence-corrected chi connectivity index (χ0v) is 59.8. The largest absolute Gasteiger partial charge is 0.772 e. The Morgan fingerprint density at radius 2 is 0.989 bits per heavy atom. The number of unbranched alkanes of at least 4 members (excludes halogenated alkanes) is 10. The second-order valence-corrected chi connectivity index (χ2v) is 36.1. The Bertz CT molecular complexity index is 3150. The van der Waals surface area contributed by atoms with E-state index in [4.69, 9.17) is 11.6 Å². The summed E-state index contributed by atoms with van der Waals surface area (Å²) in [7, 11) is -9.75. The zero-order chi connectivity index (χ0) is 66.4. The molecule has 496 valence electrons. The molecule has 3 N–H and O–H groups in total. The van der Waals surface area contributed by atoms with Crippen LogP contribution in [0.15, 0.2) is 126 Å². The molecule has 2 unspecified atom stereocenters. The van der Waals surface area contributed by atoms with Crippen molar-refractivity contribution in [3.8, 4) is 0 Å². The maximum absolute atomic E-state index is 12.4. The van der Waals surface area contributed by atoms with E-state index in [9.17, 15) is 47.9 Å². The van der Waals surface area contributed by atoms with Crippen molar-refractivity contribution in [1.29, 1.82) is 0 Å². The number of nitrogens with one attached hydrogen (secondary N) is 2. The van der Waals surface area contributed by atoms with E-state index < -0.39 is 71.9 Å². The minimum Gasteiger partial charge on any atom is -0.772 e. The number of hydrogen-bond acceptors (Lipinski definition) is 11. The van der Waals surface area contributed by atoms with E-state index in [1.54, 1.807) is 105 Å². The van der Waals surface area contributed by atoms with Crippen LogP contribution < -0.4 is 9.44 Å². The number of sulfonamides is 2. The normalized spacial score (nSPS) is 16.1. The standard InChI is InChI=1S/C25H33ClO.C23H33NO4S2.C13H21NO2S.2C4H10O2S/c1-3-4-5-6-7-20-8-9-22(18-19(20)2)21-14-16-25(27,17-15-21)23-10-12-24(26)13-11-23;1-23(2,3)29(25,26)19-11-6-4-5-8-12-20-15-17-21(18-16-20)24-30(27,28)22-13-9-7-10-14-22;1-3-4-5-6-7-12-8-10-13(11-9-12)14-17(2,15)16;2*1-4(2,3)7(5)6/h8-13,18,21,27H,3-7,14-17H2,1-2H3;7,9-10,13-18,24H,4-6,8,11-12,19H2,1-3H3;8-11,14H,3-7H2,1-2H3;2*1-3H3,(H,5,6)/p-2. The number of rotatable bonds is 25. The minimum atomic E-state index is -3.57. The fourth-order valence-corrected chi connectivity index (χ4v) is 12.2. The van der Waals surface area contributed by atoms with Gasteiger partial charge in [-0.15, -0.1) is 0 Å². The van der Waals surface area contributed by atoms with Crippen molar-refractivity contribution < 1.29 is 47.9 Å². The Morgan fingerprint density at radius 1 is 0.568 bits per heavy atom. The van der Waals surface area contributed by atoms with Gasteiger partial charge in [0.2, 0.25) is 10.0 Å². The Labute approximate surface area is 542 Å². The second kappa shape index (κ2) is 38.8. The van der Waals surface area contributed by atoms with Crippen molar-refractivity contribution in [1.82, 2.24) is 0 Å². The van der Waals surface area contributed by atoms with Crippen LogP contribution in [0.2, 0.25) is 5.02 Å². The van der Waals surface area contributed by atoms with E-state index >= 15 is 0 Å². The number of halogens is 1. The first kappa shape index (κ1) is 80.1. The Morgan fingerprint density at radius 3 is 1.41 bits per heavy atom. The Balaban J connectivity index is 0.000000415. The fourth-order valence-electron chi connectivity index (χ4n) is 9.19. The summed E-state index contributed by atoms with van der Waals surface area (Å²) in [6.45, 7) is 21.9. The summed E-state index contributed by atoms with van der Waals surface area (Å²) in [5.74, 6) is 0.821. The summed E-state index contributed by atoms with van der Waals surface area (Å²) in [5, 5.41) is 11.8. The third-order valence-corrected chi connectivity index (χ3v) is 21.9. The van der Waals surface area contributed by atoms with E-state index in [1.807, 2.05) is 60.7 Å². The quantitative estimate of drug-likeness (QED) is 0.0368. The fraction of sp³-hybridized carbons (Fsp3) is 0.565. The summed E-state index contributed by atoms with van der Waals surface area (Å²) in [6, 6.07) is 38.1. The molecule has 0 aromatic heterocycles. The number of aryl methyl sites for hydroxylation is 4. The molecule has 0 saturated heterocycles. The average Bonchev–Trinajstić information content (AvgIpc) is 3.16. The molecule has 1 aliphatic rings. The molecule has 6 rings (SSSR count). The zero-order valence-electron chi connectivity index (χ0n) is 54.9. The molecule has 13 nitrogen and oxygen atoms in total. The highest BCUT2D eigenvalue weighted by atomic mass is 35.5. The lowest BCUT2D eigenvalue weighted by molar-refractivity contribution is -0.00566. The molecule has 0 heterocycles. The van der Waals surface area contributed by atoms with E-state index in [2.05, 4.69) is 48.4 Å². The van der Waals surface area contributed by atoms with Crippen LogP contribution >= 0.6 is 11.6 Å². The van der Waals surface area contributed by atoms with Gasteiger partial charge < -0.3 is 14.2 Å².